The summed E-state index contributed by atoms with van der Waals surface area (Å²) in [7, 11) is 0. The van der Waals surface area contributed by atoms with Crippen molar-refractivity contribution in [3.63, 3.8) is 0 Å². The molecule has 2 heterocycles. The van der Waals surface area contributed by atoms with Crippen molar-refractivity contribution in [1.82, 2.24) is 30.3 Å². The van der Waals surface area contributed by atoms with Crippen LogP contribution in [0.4, 0.5) is 4.39 Å². The van der Waals surface area contributed by atoms with Crippen molar-refractivity contribution in [2.75, 3.05) is 0 Å². The lowest BCUT2D eigenvalue weighted by Crippen LogP contribution is -2.01. The summed E-state index contributed by atoms with van der Waals surface area (Å²) in [5.41, 5.74) is 0.916. The summed E-state index contributed by atoms with van der Waals surface area (Å²) in [6.07, 6.45) is 2.20. The molecule has 1 aromatic carbocycles. The van der Waals surface area contributed by atoms with Gasteiger partial charge >= 0.3 is 0 Å². The van der Waals surface area contributed by atoms with E-state index >= 15 is 0 Å². The predicted octanol–water partition coefficient (Wildman–Crippen LogP) is 2.83. The number of aromatic nitrogens is 6. The molecule has 0 bridgehead atoms. The van der Waals surface area contributed by atoms with Gasteiger partial charge in [0.25, 0.3) is 0 Å². The van der Waals surface area contributed by atoms with Crippen molar-refractivity contribution in [3.05, 3.63) is 60.0 Å². The summed E-state index contributed by atoms with van der Waals surface area (Å²) in [4.78, 5) is 4.39. The number of thioether (sulfide) groups is 1. The molecule has 3 rings (SSSR count). The first kappa shape index (κ1) is 16.3. The van der Waals surface area contributed by atoms with E-state index in [-0.39, 0.29) is 11.1 Å². The van der Waals surface area contributed by atoms with Crippen LogP contribution in [0.3, 0.4) is 0 Å². The molecule has 0 amide bonds. The Balaban J connectivity index is 1.67. The summed E-state index contributed by atoms with van der Waals surface area (Å²) < 4.78 is 19.9. The molecule has 124 valence electrons. The number of rotatable bonds is 7. The van der Waals surface area contributed by atoms with Crippen LogP contribution in [0.1, 0.15) is 29.5 Å². The highest BCUT2D eigenvalue weighted by molar-refractivity contribution is 7.99. The van der Waals surface area contributed by atoms with Gasteiger partial charge in [-0.25, -0.2) is 9.07 Å². The molecule has 0 aliphatic heterocycles. The second-order valence-electron chi connectivity index (χ2n) is 5.04. The number of allylic oxidation sites excluding steroid dienone is 1. The van der Waals surface area contributed by atoms with Gasteiger partial charge in [-0.05, 0) is 35.0 Å². The van der Waals surface area contributed by atoms with Crippen LogP contribution in [-0.2, 0) is 13.0 Å². The lowest BCUT2D eigenvalue weighted by Gasteiger charge is -2.05. The van der Waals surface area contributed by atoms with Gasteiger partial charge in [0.1, 0.15) is 5.82 Å². The third kappa shape index (κ3) is 3.85. The van der Waals surface area contributed by atoms with Crippen molar-refractivity contribution in [3.8, 4) is 0 Å². The van der Waals surface area contributed by atoms with Gasteiger partial charge in [-0.1, -0.05) is 35.1 Å². The van der Waals surface area contributed by atoms with Crippen molar-refractivity contribution in [2.24, 2.45) is 0 Å². The first-order valence-corrected chi connectivity index (χ1v) is 8.14. The monoisotopic (exact) mass is 346 g/mol. The van der Waals surface area contributed by atoms with E-state index in [0.717, 1.165) is 5.56 Å². The van der Waals surface area contributed by atoms with E-state index in [1.54, 1.807) is 22.9 Å². The fourth-order valence-electron chi connectivity index (χ4n) is 2.02. The Hall–Kier alpha value is -2.55. The van der Waals surface area contributed by atoms with Gasteiger partial charge in [-0.2, -0.15) is 4.98 Å². The predicted molar refractivity (Wildman–Crippen MR) is 85.8 cm³/mol. The van der Waals surface area contributed by atoms with E-state index in [4.69, 9.17) is 4.52 Å². The van der Waals surface area contributed by atoms with Crippen LogP contribution in [0, 0.1) is 5.82 Å². The molecule has 0 N–H and O–H groups in total. The Labute approximate surface area is 142 Å². The van der Waals surface area contributed by atoms with Crippen molar-refractivity contribution in [1.29, 1.82) is 0 Å². The molecule has 0 aliphatic carbocycles. The first-order chi connectivity index (χ1) is 11.7. The zero-order valence-electron chi connectivity index (χ0n) is 13.0. The largest absolute Gasteiger partial charge is 0.338 e. The molecule has 0 radical (unpaired) electrons. The van der Waals surface area contributed by atoms with E-state index in [9.17, 15) is 4.39 Å². The number of tetrazole rings is 1. The van der Waals surface area contributed by atoms with Crippen LogP contribution in [-0.4, -0.2) is 30.3 Å². The van der Waals surface area contributed by atoms with Gasteiger partial charge in [-0.3, -0.25) is 0 Å². The minimum Gasteiger partial charge on any atom is -0.338 e. The third-order valence-electron chi connectivity index (χ3n) is 3.19. The summed E-state index contributed by atoms with van der Waals surface area (Å²) in [5.74, 6) is 0.773. The summed E-state index contributed by atoms with van der Waals surface area (Å²) in [6, 6.07) is 6.22. The molecule has 0 fully saturated rings. The van der Waals surface area contributed by atoms with Crippen LogP contribution in [0.15, 0.2) is 46.6 Å². The Bertz CT molecular complexity index is 815. The number of halogens is 1. The SMILES string of the molecule is C=CCn1nnnc1SC(C)c1nc(Cc2ccc(F)cc2)no1. The molecular weight excluding hydrogens is 331 g/mol. The van der Waals surface area contributed by atoms with E-state index in [0.29, 0.717) is 29.8 Å². The van der Waals surface area contributed by atoms with Crippen LogP contribution in [0.25, 0.3) is 0 Å². The van der Waals surface area contributed by atoms with Gasteiger partial charge < -0.3 is 4.52 Å². The lowest BCUT2D eigenvalue weighted by atomic mass is 10.1. The molecule has 7 nitrogen and oxygen atoms in total. The zero-order valence-corrected chi connectivity index (χ0v) is 13.8. The Morgan fingerprint density at radius 2 is 2.17 bits per heavy atom. The number of nitrogens with zero attached hydrogens (tertiary/aromatic N) is 6. The van der Waals surface area contributed by atoms with Crippen LogP contribution in [0.5, 0.6) is 0 Å². The minimum absolute atomic E-state index is 0.103. The maximum atomic E-state index is 12.9. The summed E-state index contributed by atoms with van der Waals surface area (Å²) in [5, 5.41) is 16.0. The van der Waals surface area contributed by atoms with E-state index < -0.39 is 0 Å². The number of hydrogen-bond acceptors (Lipinski definition) is 7. The second-order valence-corrected chi connectivity index (χ2v) is 6.35. The molecule has 1 unspecified atom stereocenters. The normalized spacial score (nSPS) is 12.2. The fourth-order valence-corrected chi connectivity index (χ4v) is 2.84. The molecule has 3 aromatic rings. The highest BCUT2D eigenvalue weighted by atomic mass is 32.2. The second kappa shape index (κ2) is 7.35. The third-order valence-corrected chi connectivity index (χ3v) is 4.25. The Morgan fingerprint density at radius 1 is 1.38 bits per heavy atom. The maximum absolute atomic E-state index is 12.9. The van der Waals surface area contributed by atoms with E-state index in [2.05, 4.69) is 32.2 Å². The van der Waals surface area contributed by atoms with Gasteiger partial charge in [0.05, 0.1) is 11.8 Å². The lowest BCUT2D eigenvalue weighted by molar-refractivity contribution is 0.375. The van der Waals surface area contributed by atoms with Crippen molar-refractivity contribution >= 4 is 11.8 Å². The quantitative estimate of drug-likeness (QED) is 0.480. The van der Waals surface area contributed by atoms with Gasteiger partial charge in [0.15, 0.2) is 5.82 Å². The van der Waals surface area contributed by atoms with E-state index in [1.165, 1.54) is 23.9 Å². The van der Waals surface area contributed by atoms with Gasteiger partial charge in [0, 0.05) is 6.42 Å². The van der Waals surface area contributed by atoms with Gasteiger partial charge in [-0.15, -0.1) is 11.7 Å². The van der Waals surface area contributed by atoms with E-state index in [1.807, 2.05) is 6.92 Å². The molecule has 0 aliphatic rings. The molecule has 9 heteroatoms. The van der Waals surface area contributed by atoms with Crippen LogP contribution in [0.2, 0.25) is 0 Å². The average molecular weight is 346 g/mol. The van der Waals surface area contributed by atoms with Crippen molar-refractivity contribution in [2.45, 2.75) is 30.3 Å². The summed E-state index contributed by atoms with van der Waals surface area (Å²) in [6.45, 7) is 6.14. The smallest absolute Gasteiger partial charge is 0.239 e. The highest BCUT2D eigenvalue weighted by Crippen LogP contribution is 2.32. The summed E-state index contributed by atoms with van der Waals surface area (Å²) >= 11 is 1.42. The highest BCUT2D eigenvalue weighted by Gasteiger charge is 2.19. The molecule has 2 aromatic heterocycles. The average Bonchev–Trinajstić information content (AvgIpc) is 3.20. The zero-order chi connectivity index (χ0) is 16.9. The molecular formula is C15H15FN6OS. The molecule has 0 saturated carbocycles. The molecule has 1 atom stereocenters. The van der Waals surface area contributed by atoms with Crippen LogP contribution >= 0.6 is 11.8 Å². The fraction of sp³-hybridized carbons (Fsp3) is 0.267. The van der Waals surface area contributed by atoms with Gasteiger partial charge in [0.2, 0.25) is 11.0 Å². The Kier molecular flexibility index (Phi) is 4.99. The molecule has 24 heavy (non-hydrogen) atoms. The first-order valence-electron chi connectivity index (χ1n) is 7.26. The molecule has 0 saturated heterocycles. The number of hydrogen-bond donors (Lipinski definition) is 0. The Morgan fingerprint density at radius 3 is 2.92 bits per heavy atom. The number of benzene rings is 1. The van der Waals surface area contributed by atoms with Crippen LogP contribution < -0.4 is 0 Å². The molecule has 0 spiro atoms. The topological polar surface area (TPSA) is 82.5 Å². The van der Waals surface area contributed by atoms with Crippen molar-refractivity contribution < 1.29 is 8.91 Å². The maximum Gasteiger partial charge on any atom is 0.239 e. The minimum atomic E-state index is -0.269. The standard InChI is InChI=1S/C15H15FN6OS/c1-3-8-22-15(18-20-21-22)24-10(2)14-17-13(19-23-14)9-11-4-6-12(16)7-5-11/h3-7,10H,1,8-9H2,2H3.